The summed E-state index contributed by atoms with van der Waals surface area (Å²) in [5.74, 6) is 2.60. The Hall–Kier alpha value is -3.30. The molecule has 1 aromatic heterocycles. The van der Waals surface area contributed by atoms with Crippen molar-refractivity contribution >= 4 is 23.9 Å². The standard InChI is InChI=1S/C17H22N6O4/c1-25-13-8-12(9-14(26-2)16(13)27-3)19-17-20-15(10-18-21-17)23-6-4-22(11-24)5-7-23/h8-11H,4-7H2,1-3H3,(H,19,20,21). The van der Waals surface area contributed by atoms with Crippen LogP contribution in [0.3, 0.4) is 0 Å². The first-order valence-electron chi connectivity index (χ1n) is 8.39. The number of ether oxygens (including phenoxy) is 3. The molecule has 1 amide bonds. The number of rotatable bonds is 7. The van der Waals surface area contributed by atoms with Gasteiger partial charge in [0.15, 0.2) is 17.3 Å². The van der Waals surface area contributed by atoms with E-state index >= 15 is 0 Å². The normalized spacial score (nSPS) is 13.9. The maximum absolute atomic E-state index is 10.8. The number of aromatic nitrogens is 3. The number of carbonyl (C=O) groups is 1. The number of piperazine rings is 1. The minimum absolute atomic E-state index is 0.347. The van der Waals surface area contributed by atoms with Crippen LogP contribution in [0.25, 0.3) is 0 Å². The monoisotopic (exact) mass is 374 g/mol. The quantitative estimate of drug-likeness (QED) is 0.709. The maximum atomic E-state index is 10.8. The third-order valence-electron chi connectivity index (χ3n) is 4.25. The van der Waals surface area contributed by atoms with Gasteiger partial charge in [-0.15, -0.1) is 5.10 Å². The summed E-state index contributed by atoms with van der Waals surface area (Å²) in [5.41, 5.74) is 0.675. The molecule has 0 radical (unpaired) electrons. The van der Waals surface area contributed by atoms with Crippen LogP contribution in [0.5, 0.6) is 17.2 Å². The number of carbonyl (C=O) groups excluding carboxylic acids is 1. The second-order valence-electron chi connectivity index (χ2n) is 5.81. The van der Waals surface area contributed by atoms with Gasteiger partial charge >= 0.3 is 0 Å². The molecule has 0 saturated carbocycles. The Bertz CT molecular complexity index is 770. The Balaban J connectivity index is 1.79. The predicted molar refractivity (Wildman–Crippen MR) is 99.1 cm³/mol. The minimum Gasteiger partial charge on any atom is -0.493 e. The van der Waals surface area contributed by atoms with Crippen LogP contribution >= 0.6 is 0 Å². The van der Waals surface area contributed by atoms with Crippen molar-refractivity contribution in [1.82, 2.24) is 20.1 Å². The zero-order valence-corrected chi connectivity index (χ0v) is 15.5. The second-order valence-corrected chi connectivity index (χ2v) is 5.81. The lowest BCUT2D eigenvalue weighted by Gasteiger charge is -2.33. The van der Waals surface area contributed by atoms with Gasteiger partial charge in [-0.05, 0) is 0 Å². The molecule has 1 fully saturated rings. The molecule has 10 heteroatoms. The summed E-state index contributed by atoms with van der Waals surface area (Å²) in [6, 6.07) is 3.53. The SMILES string of the molecule is COc1cc(Nc2nncc(N3CCN(C=O)CC3)n2)cc(OC)c1OC. The molecule has 1 N–H and O–H groups in total. The molecule has 1 saturated heterocycles. The summed E-state index contributed by atoms with van der Waals surface area (Å²) in [7, 11) is 4.66. The van der Waals surface area contributed by atoms with Gasteiger partial charge in [0.25, 0.3) is 0 Å². The number of anilines is 3. The fraction of sp³-hybridized carbons (Fsp3) is 0.412. The lowest BCUT2D eigenvalue weighted by molar-refractivity contribution is -0.118. The Morgan fingerprint density at radius 3 is 2.26 bits per heavy atom. The Morgan fingerprint density at radius 1 is 1.04 bits per heavy atom. The van der Waals surface area contributed by atoms with Crippen molar-refractivity contribution in [2.45, 2.75) is 0 Å². The van der Waals surface area contributed by atoms with Gasteiger partial charge in [-0.3, -0.25) is 4.79 Å². The van der Waals surface area contributed by atoms with E-state index in [9.17, 15) is 4.79 Å². The van der Waals surface area contributed by atoms with Crippen molar-refractivity contribution in [3.8, 4) is 17.2 Å². The summed E-state index contributed by atoms with van der Waals surface area (Å²) >= 11 is 0. The highest BCUT2D eigenvalue weighted by molar-refractivity contribution is 5.66. The molecule has 144 valence electrons. The van der Waals surface area contributed by atoms with Gasteiger partial charge in [0, 0.05) is 44.0 Å². The molecule has 0 unspecified atom stereocenters. The van der Waals surface area contributed by atoms with Gasteiger partial charge in [-0.2, -0.15) is 10.1 Å². The largest absolute Gasteiger partial charge is 0.493 e. The van der Waals surface area contributed by atoms with E-state index in [0.29, 0.717) is 60.9 Å². The molecule has 0 bridgehead atoms. The molecule has 0 aliphatic carbocycles. The molecular weight excluding hydrogens is 352 g/mol. The molecule has 10 nitrogen and oxygen atoms in total. The topological polar surface area (TPSA) is 102 Å². The Morgan fingerprint density at radius 2 is 1.70 bits per heavy atom. The Kier molecular flexibility index (Phi) is 5.74. The van der Waals surface area contributed by atoms with Crippen LogP contribution in [0, 0.1) is 0 Å². The van der Waals surface area contributed by atoms with Gasteiger partial charge in [-0.1, -0.05) is 0 Å². The van der Waals surface area contributed by atoms with Gasteiger partial charge in [-0.25, -0.2) is 0 Å². The smallest absolute Gasteiger partial charge is 0.249 e. The number of nitrogens with zero attached hydrogens (tertiary/aromatic N) is 5. The van der Waals surface area contributed by atoms with E-state index in [4.69, 9.17) is 14.2 Å². The van der Waals surface area contributed by atoms with Crippen molar-refractivity contribution in [2.75, 3.05) is 57.7 Å². The molecule has 1 aliphatic rings. The van der Waals surface area contributed by atoms with E-state index in [0.717, 1.165) is 6.41 Å². The van der Waals surface area contributed by atoms with Crippen LogP contribution in [-0.2, 0) is 4.79 Å². The summed E-state index contributed by atoms with van der Waals surface area (Å²) < 4.78 is 16.0. The Labute approximate surface area is 157 Å². The number of benzene rings is 1. The summed E-state index contributed by atoms with van der Waals surface area (Å²) in [4.78, 5) is 19.2. The van der Waals surface area contributed by atoms with Gasteiger partial charge in [0.05, 0.1) is 27.5 Å². The number of hydrogen-bond donors (Lipinski definition) is 1. The molecular formula is C17H22N6O4. The van der Waals surface area contributed by atoms with Crippen LogP contribution in [0.15, 0.2) is 18.3 Å². The van der Waals surface area contributed by atoms with Crippen molar-refractivity contribution in [2.24, 2.45) is 0 Å². The van der Waals surface area contributed by atoms with Crippen LogP contribution in [0.2, 0.25) is 0 Å². The number of methoxy groups -OCH3 is 3. The molecule has 0 atom stereocenters. The van der Waals surface area contributed by atoms with E-state index < -0.39 is 0 Å². The van der Waals surface area contributed by atoms with E-state index in [-0.39, 0.29) is 0 Å². The second kappa shape index (κ2) is 8.39. The fourth-order valence-electron chi connectivity index (χ4n) is 2.84. The first kappa shape index (κ1) is 18.5. The summed E-state index contributed by atoms with van der Waals surface area (Å²) in [6.07, 6.45) is 2.48. The van der Waals surface area contributed by atoms with Crippen molar-refractivity contribution in [3.63, 3.8) is 0 Å². The summed E-state index contributed by atoms with van der Waals surface area (Å²) in [5, 5.41) is 11.2. The molecule has 2 aromatic rings. The van der Waals surface area contributed by atoms with E-state index in [1.54, 1.807) is 44.6 Å². The third kappa shape index (κ3) is 4.10. The molecule has 0 spiro atoms. The molecule has 3 rings (SSSR count). The highest BCUT2D eigenvalue weighted by Crippen LogP contribution is 2.40. The minimum atomic E-state index is 0.347. The average Bonchev–Trinajstić information content (AvgIpc) is 2.73. The third-order valence-corrected chi connectivity index (χ3v) is 4.25. The number of nitrogens with one attached hydrogen (secondary N) is 1. The number of amides is 1. The fourth-order valence-corrected chi connectivity index (χ4v) is 2.84. The van der Waals surface area contributed by atoms with Crippen molar-refractivity contribution in [3.05, 3.63) is 18.3 Å². The van der Waals surface area contributed by atoms with Crippen LogP contribution in [0.1, 0.15) is 0 Å². The molecule has 2 heterocycles. The lowest BCUT2D eigenvalue weighted by atomic mass is 10.2. The predicted octanol–water partition coefficient (Wildman–Crippen LogP) is 0.919. The lowest BCUT2D eigenvalue weighted by Crippen LogP contribution is -2.46. The molecule has 1 aliphatic heterocycles. The first-order valence-corrected chi connectivity index (χ1v) is 8.39. The van der Waals surface area contributed by atoms with Crippen LogP contribution in [-0.4, -0.2) is 74.0 Å². The number of hydrogen-bond acceptors (Lipinski definition) is 9. The van der Waals surface area contributed by atoms with Gasteiger partial charge < -0.3 is 29.3 Å². The highest BCUT2D eigenvalue weighted by atomic mass is 16.5. The highest BCUT2D eigenvalue weighted by Gasteiger charge is 2.18. The van der Waals surface area contributed by atoms with E-state index in [1.165, 1.54) is 0 Å². The average molecular weight is 374 g/mol. The molecule has 1 aromatic carbocycles. The van der Waals surface area contributed by atoms with Gasteiger partial charge in [0.2, 0.25) is 18.1 Å². The van der Waals surface area contributed by atoms with E-state index in [2.05, 4.69) is 25.4 Å². The first-order chi connectivity index (χ1) is 13.2. The zero-order chi connectivity index (χ0) is 19.2. The summed E-state index contributed by atoms with van der Waals surface area (Å²) in [6.45, 7) is 2.70. The van der Waals surface area contributed by atoms with Gasteiger partial charge in [0.1, 0.15) is 0 Å². The van der Waals surface area contributed by atoms with Crippen LogP contribution in [0.4, 0.5) is 17.5 Å². The van der Waals surface area contributed by atoms with Crippen molar-refractivity contribution in [1.29, 1.82) is 0 Å². The van der Waals surface area contributed by atoms with Crippen LogP contribution < -0.4 is 24.4 Å². The van der Waals surface area contributed by atoms with E-state index in [1.807, 2.05) is 0 Å². The zero-order valence-electron chi connectivity index (χ0n) is 15.5. The molecule has 27 heavy (non-hydrogen) atoms. The van der Waals surface area contributed by atoms with Crippen molar-refractivity contribution < 1.29 is 19.0 Å². The maximum Gasteiger partial charge on any atom is 0.249 e.